The van der Waals surface area contributed by atoms with Gasteiger partial charge in [0.25, 0.3) is 0 Å². The maximum atomic E-state index is 12.2. The van der Waals surface area contributed by atoms with Gasteiger partial charge < -0.3 is 20.4 Å². The molecule has 0 aromatic heterocycles. The number of nitrogens with zero attached hydrogens (tertiary/aromatic N) is 2. The Hall–Kier alpha value is -1.16. The largest absolute Gasteiger partial charge is 0.326 e. The first-order valence-corrected chi connectivity index (χ1v) is 11.6. The summed E-state index contributed by atoms with van der Waals surface area (Å²) in [6.07, 6.45) is 0.948. The van der Waals surface area contributed by atoms with Crippen LogP contribution in [0.5, 0.6) is 0 Å². The zero-order valence-electron chi connectivity index (χ0n) is 17.6. The quantitative estimate of drug-likeness (QED) is 0.440. The molecular formula is C22H28Br2Cl2N4O2. The molecule has 2 aromatic carbocycles. The van der Waals surface area contributed by atoms with Crippen molar-refractivity contribution in [3.8, 4) is 0 Å². The maximum Gasteiger partial charge on any atom is 0.225 e. The Morgan fingerprint density at radius 2 is 1.09 bits per heavy atom. The maximum absolute atomic E-state index is 12.2. The van der Waals surface area contributed by atoms with Crippen LogP contribution in [-0.4, -0.2) is 60.9 Å². The highest BCUT2D eigenvalue weighted by atomic mass is 79.9. The summed E-state index contributed by atoms with van der Waals surface area (Å²) >= 11 is 6.82. The SMILES string of the molecule is Cl.Cl.O=C(CCN1CCN(CCC(=O)Nc2cccc(Br)c2)CC1)Nc1cccc(Br)c1. The summed E-state index contributed by atoms with van der Waals surface area (Å²) in [6.45, 7) is 5.15. The first-order chi connectivity index (χ1) is 14.5. The lowest BCUT2D eigenvalue weighted by Crippen LogP contribution is -2.47. The number of piperazine rings is 1. The Morgan fingerprint density at radius 1 is 0.719 bits per heavy atom. The molecule has 0 atom stereocenters. The highest BCUT2D eigenvalue weighted by molar-refractivity contribution is 9.10. The van der Waals surface area contributed by atoms with Gasteiger partial charge in [0.2, 0.25) is 11.8 Å². The highest BCUT2D eigenvalue weighted by Crippen LogP contribution is 2.17. The standard InChI is InChI=1S/C22H26Br2N4O2.2ClH/c23-17-3-1-5-19(15-17)25-21(29)7-9-27-11-13-28(14-12-27)10-8-22(30)26-20-6-2-4-18(24)16-20;;/h1-6,15-16H,7-14H2,(H,25,29)(H,26,30);2*1H. The summed E-state index contributed by atoms with van der Waals surface area (Å²) in [5, 5.41) is 5.87. The van der Waals surface area contributed by atoms with Gasteiger partial charge in [0.1, 0.15) is 0 Å². The van der Waals surface area contributed by atoms with Crippen molar-refractivity contribution in [2.75, 3.05) is 49.9 Å². The van der Waals surface area contributed by atoms with Gasteiger partial charge in [0.05, 0.1) is 0 Å². The minimum absolute atomic E-state index is 0. The van der Waals surface area contributed by atoms with E-state index in [1.54, 1.807) is 0 Å². The van der Waals surface area contributed by atoms with Gasteiger partial charge >= 0.3 is 0 Å². The molecule has 32 heavy (non-hydrogen) atoms. The fourth-order valence-corrected chi connectivity index (χ4v) is 4.13. The van der Waals surface area contributed by atoms with Crippen molar-refractivity contribution in [3.63, 3.8) is 0 Å². The molecule has 10 heteroatoms. The van der Waals surface area contributed by atoms with E-state index in [2.05, 4.69) is 52.3 Å². The first kappa shape index (κ1) is 28.9. The molecule has 0 radical (unpaired) electrons. The number of carbonyl (C=O) groups is 2. The number of carbonyl (C=O) groups excluding carboxylic acids is 2. The molecule has 1 aliphatic heterocycles. The van der Waals surface area contributed by atoms with Crippen LogP contribution in [0, 0.1) is 0 Å². The fourth-order valence-electron chi connectivity index (χ4n) is 3.34. The monoisotopic (exact) mass is 608 g/mol. The second kappa shape index (κ2) is 14.9. The number of hydrogen-bond acceptors (Lipinski definition) is 4. The Balaban J connectivity index is 0.00000256. The number of nitrogens with one attached hydrogen (secondary N) is 2. The van der Waals surface area contributed by atoms with Crippen LogP contribution in [0.3, 0.4) is 0 Å². The highest BCUT2D eigenvalue weighted by Gasteiger charge is 2.18. The van der Waals surface area contributed by atoms with Crippen LogP contribution < -0.4 is 10.6 Å². The van der Waals surface area contributed by atoms with E-state index in [-0.39, 0.29) is 36.6 Å². The Kier molecular flexibility index (Phi) is 13.4. The number of amides is 2. The normalized spacial score (nSPS) is 14.1. The molecule has 1 heterocycles. The topological polar surface area (TPSA) is 64.7 Å². The number of halogens is 4. The molecule has 2 aromatic rings. The van der Waals surface area contributed by atoms with Crippen molar-refractivity contribution in [2.24, 2.45) is 0 Å². The number of rotatable bonds is 8. The minimum Gasteiger partial charge on any atom is -0.326 e. The number of hydrogen-bond donors (Lipinski definition) is 2. The Bertz CT molecular complexity index is 809. The van der Waals surface area contributed by atoms with Gasteiger partial charge in [0, 0.05) is 72.4 Å². The van der Waals surface area contributed by atoms with Gasteiger partial charge in [-0.3, -0.25) is 9.59 Å². The van der Waals surface area contributed by atoms with Gasteiger partial charge in [-0.2, -0.15) is 0 Å². The molecule has 1 aliphatic rings. The molecule has 6 nitrogen and oxygen atoms in total. The van der Waals surface area contributed by atoms with E-state index in [0.29, 0.717) is 12.8 Å². The van der Waals surface area contributed by atoms with Crippen molar-refractivity contribution in [1.29, 1.82) is 0 Å². The zero-order valence-corrected chi connectivity index (χ0v) is 22.4. The average Bonchev–Trinajstić information content (AvgIpc) is 2.71. The molecule has 0 unspecified atom stereocenters. The summed E-state index contributed by atoms with van der Waals surface area (Å²) < 4.78 is 1.89. The third-order valence-electron chi connectivity index (χ3n) is 4.99. The molecule has 0 saturated carbocycles. The van der Waals surface area contributed by atoms with Crippen LogP contribution in [0.15, 0.2) is 57.5 Å². The van der Waals surface area contributed by atoms with Crippen molar-refractivity contribution in [1.82, 2.24) is 9.80 Å². The lowest BCUT2D eigenvalue weighted by molar-refractivity contribution is -0.117. The van der Waals surface area contributed by atoms with Crippen molar-refractivity contribution in [2.45, 2.75) is 12.8 Å². The molecule has 0 spiro atoms. The lowest BCUT2D eigenvalue weighted by Gasteiger charge is -2.34. The summed E-state index contributed by atoms with van der Waals surface area (Å²) in [7, 11) is 0. The van der Waals surface area contributed by atoms with Crippen LogP contribution in [0.25, 0.3) is 0 Å². The molecule has 2 amide bonds. The molecule has 3 rings (SSSR count). The Morgan fingerprint density at radius 3 is 1.44 bits per heavy atom. The predicted molar refractivity (Wildman–Crippen MR) is 142 cm³/mol. The van der Waals surface area contributed by atoms with E-state index in [0.717, 1.165) is 59.6 Å². The van der Waals surface area contributed by atoms with E-state index in [1.165, 1.54) is 0 Å². The van der Waals surface area contributed by atoms with E-state index in [4.69, 9.17) is 0 Å². The van der Waals surface area contributed by atoms with E-state index in [1.807, 2.05) is 48.5 Å². The van der Waals surface area contributed by atoms with Gasteiger partial charge in [-0.05, 0) is 36.4 Å². The summed E-state index contributed by atoms with van der Waals surface area (Å²) in [5.74, 6) is 0.0551. The van der Waals surface area contributed by atoms with E-state index in [9.17, 15) is 9.59 Å². The van der Waals surface area contributed by atoms with Crippen molar-refractivity contribution in [3.05, 3.63) is 57.5 Å². The fraction of sp³-hybridized carbons (Fsp3) is 0.364. The zero-order chi connectivity index (χ0) is 21.3. The molecule has 1 saturated heterocycles. The molecular weight excluding hydrogens is 583 g/mol. The van der Waals surface area contributed by atoms with E-state index < -0.39 is 0 Å². The van der Waals surface area contributed by atoms with Crippen molar-refractivity contribution < 1.29 is 9.59 Å². The molecule has 2 N–H and O–H groups in total. The third-order valence-corrected chi connectivity index (χ3v) is 5.98. The summed E-state index contributed by atoms with van der Waals surface area (Å²) in [4.78, 5) is 28.9. The van der Waals surface area contributed by atoms with Gasteiger partial charge in [-0.25, -0.2) is 0 Å². The summed E-state index contributed by atoms with van der Waals surface area (Å²) in [5.41, 5.74) is 1.61. The van der Waals surface area contributed by atoms with Gasteiger partial charge in [-0.1, -0.05) is 44.0 Å². The van der Waals surface area contributed by atoms with Crippen LogP contribution in [0.4, 0.5) is 11.4 Å². The predicted octanol–water partition coefficient (Wildman–Crippen LogP) is 5.03. The number of benzene rings is 2. The van der Waals surface area contributed by atoms with Gasteiger partial charge in [-0.15, -0.1) is 24.8 Å². The smallest absolute Gasteiger partial charge is 0.225 e. The second-order valence-corrected chi connectivity index (χ2v) is 9.13. The first-order valence-electron chi connectivity index (χ1n) is 10.0. The second-order valence-electron chi connectivity index (χ2n) is 7.30. The van der Waals surface area contributed by atoms with Crippen LogP contribution in [0.1, 0.15) is 12.8 Å². The van der Waals surface area contributed by atoms with E-state index >= 15 is 0 Å². The molecule has 1 fully saturated rings. The van der Waals surface area contributed by atoms with Gasteiger partial charge in [0.15, 0.2) is 0 Å². The van der Waals surface area contributed by atoms with Crippen LogP contribution in [-0.2, 0) is 9.59 Å². The number of anilines is 2. The summed E-state index contributed by atoms with van der Waals surface area (Å²) in [6, 6.07) is 15.2. The lowest BCUT2D eigenvalue weighted by atomic mass is 10.2. The van der Waals surface area contributed by atoms with Crippen LogP contribution >= 0.6 is 56.7 Å². The molecule has 0 bridgehead atoms. The molecule has 0 aliphatic carbocycles. The van der Waals surface area contributed by atoms with Crippen LogP contribution in [0.2, 0.25) is 0 Å². The minimum atomic E-state index is 0. The van der Waals surface area contributed by atoms with Crippen molar-refractivity contribution >= 4 is 79.9 Å². The average molecular weight is 611 g/mol. The Labute approximate surface area is 218 Å². The third kappa shape index (κ3) is 10.2. The molecule has 176 valence electrons.